The fraction of sp³-hybridized carbons (Fsp3) is 0.167. The van der Waals surface area contributed by atoms with Crippen LogP contribution in [0.3, 0.4) is 0 Å². The third-order valence-corrected chi connectivity index (χ3v) is 3.57. The highest BCUT2D eigenvalue weighted by atomic mass is 35.5. The molecule has 1 heterocycles. The van der Waals surface area contributed by atoms with Gasteiger partial charge in [-0.2, -0.15) is 0 Å². The molecule has 15 heavy (non-hydrogen) atoms. The molecule has 0 fully saturated rings. The lowest BCUT2D eigenvalue weighted by atomic mass is 10.0. The minimum Gasteiger partial charge on any atom is -0.320 e. The monoisotopic (exact) mass is 237 g/mol. The predicted molar refractivity (Wildman–Crippen MR) is 66.5 cm³/mol. The first-order chi connectivity index (χ1) is 7.18. The number of benzene rings is 1. The van der Waals surface area contributed by atoms with Crippen molar-refractivity contribution in [2.45, 2.75) is 13.0 Å². The van der Waals surface area contributed by atoms with Crippen molar-refractivity contribution >= 4 is 22.9 Å². The quantitative estimate of drug-likeness (QED) is 0.846. The molecule has 2 N–H and O–H groups in total. The summed E-state index contributed by atoms with van der Waals surface area (Å²) in [5, 5.41) is 2.82. The summed E-state index contributed by atoms with van der Waals surface area (Å²) in [6.45, 7) is 2.08. The number of nitrogens with two attached hydrogens (primary N) is 1. The fourth-order valence-electron chi connectivity index (χ4n) is 1.53. The van der Waals surface area contributed by atoms with Crippen LogP contribution < -0.4 is 5.73 Å². The largest absolute Gasteiger partial charge is 0.320 e. The van der Waals surface area contributed by atoms with E-state index in [9.17, 15) is 0 Å². The van der Waals surface area contributed by atoms with Crippen molar-refractivity contribution in [2.24, 2.45) is 5.73 Å². The van der Waals surface area contributed by atoms with Gasteiger partial charge in [0.25, 0.3) is 0 Å². The van der Waals surface area contributed by atoms with Crippen LogP contribution in [0.25, 0.3) is 0 Å². The van der Waals surface area contributed by atoms with Crippen molar-refractivity contribution in [2.75, 3.05) is 0 Å². The molecule has 1 nitrogen and oxygen atoms in total. The maximum Gasteiger partial charge on any atom is 0.0574 e. The Kier molecular flexibility index (Phi) is 3.10. The normalized spacial score (nSPS) is 12.7. The number of thiophene rings is 1. The lowest BCUT2D eigenvalue weighted by Gasteiger charge is -2.11. The van der Waals surface area contributed by atoms with Crippen LogP contribution >= 0.6 is 22.9 Å². The molecular weight excluding hydrogens is 226 g/mol. The van der Waals surface area contributed by atoms with E-state index in [2.05, 4.69) is 18.4 Å². The minimum absolute atomic E-state index is 0.122. The zero-order valence-corrected chi connectivity index (χ0v) is 9.98. The van der Waals surface area contributed by atoms with Crippen LogP contribution in [0.1, 0.15) is 22.0 Å². The molecule has 0 amide bonds. The maximum atomic E-state index is 6.15. The van der Waals surface area contributed by atoms with Gasteiger partial charge in [-0.3, -0.25) is 0 Å². The van der Waals surface area contributed by atoms with Crippen LogP contribution in [0, 0.1) is 6.92 Å². The SMILES string of the molecule is Cc1cc(C(N)c2ccccc2Cl)cs1. The average molecular weight is 238 g/mol. The first-order valence-corrected chi connectivity index (χ1v) is 5.99. The molecule has 0 aliphatic rings. The number of hydrogen-bond donors (Lipinski definition) is 1. The molecule has 0 saturated carbocycles. The van der Waals surface area contributed by atoms with E-state index in [1.807, 2.05) is 24.3 Å². The Morgan fingerprint density at radius 3 is 2.67 bits per heavy atom. The molecule has 2 aromatic rings. The number of hydrogen-bond acceptors (Lipinski definition) is 2. The van der Waals surface area contributed by atoms with Crippen LogP contribution in [-0.2, 0) is 0 Å². The van der Waals surface area contributed by atoms with Crippen molar-refractivity contribution in [3.8, 4) is 0 Å². The van der Waals surface area contributed by atoms with E-state index in [1.54, 1.807) is 11.3 Å². The van der Waals surface area contributed by atoms with Gasteiger partial charge in [0, 0.05) is 9.90 Å². The Bertz CT molecular complexity index is 464. The second kappa shape index (κ2) is 4.35. The Hall–Kier alpha value is -0.830. The summed E-state index contributed by atoms with van der Waals surface area (Å²) in [6, 6.07) is 9.70. The molecule has 0 bridgehead atoms. The molecule has 0 aliphatic heterocycles. The topological polar surface area (TPSA) is 26.0 Å². The Labute approximate surface area is 98.5 Å². The lowest BCUT2D eigenvalue weighted by Crippen LogP contribution is -2.11. The first-order valence-electron chi connectivity index (χ1n) is 4.73. The summed E-state index contributed by atoms with van der Waals surface area (Å²) in [4.78, 5) is 1.27. The molecule has 2 rings (SSSR count). The van der Waals surface area contributed by atoms with Crippen LogP contribution in [-0.4, -0.2) is 0 Å². The molecule has 1 aromatic carbocycles. The summed E-state index contributed by atoms with van der Waals surface area (Å²) >= 11 is 7.81. The van der Waals surface area contributed by atoms with Gasteiger partial charge in [-0.05, 0) is 35.6 Å². The molecule has 1 atom stereocenters. The molecule has 3 heteroatoms. The molecule has 1 aromatic heterocycles. The van der Waals surface area contributed by atoms with Gasteiger partial charge in [0.05, 0.1) is 6.04 Å². The molecular formula is C12H12ClNS. The van der Waals surface area contributed by atoms with Gasteiger partial charge < -0.3 is 5.73 Å². The second-order valence-electron chi connectivity index (χ2n) is 3.49. The smallest absolute Gasteiger partial charge is 0.0574 e. The van der Waals surface area contributed by atoms with E-state index in [-0.39, 0.29) is 6.04 Å². The third kappa shape index (κ3) is 2.23. The van der Waals surface area contributed by atoms with Crippen molar-refractivity contribution < 1.29 is 0 Å². The zero-order chi connectivity index (χ0) is 10.8. The Morgan fingerprint density at radius 1 is 1.33 bits per heavy atom. The molecule has 0 radical (unpaired) electrons. The highest BCUT2D eigenvalue weighted by Crippen LogP contribution is 2.28. The van der Waals surface area contributed by atoms with Gasteiger partial charge >= 0.3 is 0 Å². The van der Waals surface area contributed by atoms with E-state index in [1.165, 1.54) is 4.88 Å². The van der Waals surface area contributed by atoms with Gasteiger partial charge in [0.1, 0.15) is 0 Å². The van der Waals surface area contributed by atoms with Gasteiger partial charge in [-0.15, -0.1) is 11.3 Å². The Morgan fingerprint density at radius 2 is 2.07 bits per heavy atom. The van der Waals surface area contributed by atoms with E-state index < -0.39 is 0 Å². The molecule has 0 saturated heterocycles. The second-order valence-corrected chi connectivity index (χ2v) is 5.01. The number of aryl methyl sites for hydroxylation is 1. The van der Waals surface area contributed by atoms with Crippen molar-refractivity contribution in [3.05, 3.63) is 56.7 Å². The summed E-state index contributed by atoms with van der Waals surface area (Å²) in [6.07, 6.45) is 0. The number of rotatable bonds is 2. The maximum absolute atomic E-state index is 6.15. The summed E-state index contributed by atoms with van der Waals surface area (Å²) in [7, 11) is 0. The predicted octanol–water partition coefficient (Wildman–Crippen LogP) is 3.76. The summed E-state index contributed by atoms with van der Waals surface area (Å²) < 4.78 is 0. The van der Waals surface area contributed by atoms with Gasteiger partial charge in [-0.25, -0.2) is 0 Å². The molecule has 0 aliphatic carbocycles. The van der Waals surface area contributed by atoms with Crippen molar-refractivity contribution in [1.29, 1.82) is 0 Å². The summed E-state index contributed by atoms with van der Waals surface area (Å²) in [5.74, 6) is 0. The molecule has 78 valence electrons. The van der Waals surface area contributed by atoms with E-state index in [4.69, 9.17) is 17.3 Å². The highest BCUT2D eigenvalue weighted by Gasteiger charge is 2.12. The highest BCUT2D eigenvalue weighted by molar-refractivity contribution is 7.10. The van der Waals surface area contributed by atoms with Gasteiger partial charge in [-0.1, -0.05) is 29.8 Å². The van der Waals surface area contributed by atoms with Crippen LogP contribution in [0.2, 0.25) is 5.02 Å². The lowest BCUT2D eigenvalue weighted by molar-refractivity contribution is 0.876. The van der Waals surface area contributed by atoms with E-state index in [0.717, 1.165) is 16.1 Å². The first kappa shape index (κ1) is 10.7. The third-order valence-electron chi connectivity index (χ3n) is 2.35. The molecule has 1 unspecified atom stereocenters. The standard InChI is InChI=1S/C12H12ClNS/c1-8-6-9(7-15-8)12(14)10-4-2-3-5-11(10)13/h2-7,12H,14H2,1H3. The summed E-state index contributed by atoms with van der Waals surface area (Å²) in [5.41, 5.74) is 8.27. The van der Waals surface area contributed by atoms with Crippen LogP contribution in [0.4, 0.5) is 0 Å². The van der Waals surface area contributed by atoms with Crippen molar-refractivity contribution in [1.82, 2.24) is 0 Å². The number of halogens is 1. The van der Waals surface area contributed by atoms with E-state index >= 15 is 0 Å². The van der Waals surface area contributed by atoms with Crippen LogP contribution in [0.5, 0.6) is 0 Å². The average Bonchev–Trinajstić information content (AvgIpc) is 2.65. The van der Waals surface area contributed by atoms with Crippen molar-refractivity contribution in [3.63, 3.8) is 0 Å². The van der Waals surface area contributed by atoms with Gasteiger partial charge in [0.2, 0.25) is 0 Å². The zero-order valence-electron chi connectivity index (χ0n) is 8.41. The van der Waals surface area contributed by atoms with Crippen LogP contribution in [0.15, 0.2) is 35.7 Å². The Balaban J connectivity index is 2.36. The molecule has 0 spiro atoms. The van der Waals surface area contributed by atoms with Gasteiger partial charge in [0.15, 0.2) is 0 Å². The van der Waals surface area contributed by atoms with E-state index in [0.29, 0.717) is 0 Å². The minimum atomic E-state index is -0.122. The fourth-order valence-corrected chi connectivity index (χ4v) is 2.53.